The molecule has 0 aromatic heterocycles. The van der Waals surface area contributed by atoms with Crippen LogP contribution in [0.3, 0.4) is 0 Å². The van der Waals surface area contributed by atoms with Gasteiger partial charge in [0, 0.05) is 0 Å². The molecule has 5 heteroatoms. The summed E-state index contributed by atoms with van der Waals surface area (Å²) in [5.74, 6) is 0. The van der Waals surface area contributed by atoms with Crippen molar-refractivity contribution in [2.75, 3.05) is 0 Å². The van der Waals surface area contributed by atoms with Crippen molar-refractivity contribution < 1.29 is 9.53 Å². The largest absolute Gasteiger partial charge is 0.449 e. The van der Waals surface area contributed by atoms with Crippen LogP contribution in [0.2, 0.25) is 0 Å². The predicted octanol–water partition coefficient (Wildman–Crippen LogP) is 2.22. The molecule has 0 amide bonds. The third-order valence-corrected chi connectivity index (χ3v) is 1.66. The molecule has 1 atom stereocenters. The molecule has 10 heavy (non-hydrogen) atoms. The third-order valence-electron chi connectivity index (χ3n) is 0.926. The molecule has 59 valence electrons. The van der Waals surface area contributed by atoms with Crippen molar-refractivity contribution in [1.82, 2.24) is 0 Å². The van der Waals surface area contributed by atoms with Gasteiger partial charge < -0.3 is 4.74 Å². The van der Waals surface area contributed by atoms with Gasteiger partial charge in [0.1, 0.15) is 6.10 Å². The molecule has 0 rings (SSSR count). The van der Waals surface area contributed by atoms with Crippen LogP contribution in [0.4, 0.5) is 0 Å². The molecule has 0 aliphatic heterocycles. The first-order valence-corrected chi connectivity index (χ1v) is 3.75. The molecule has 0 aliphatic carbocycles. The van der Waals surface area contributed by atoms with E-state index in [-0.39, 0.29) is 0 Å². The lowest BCUT2D eigenvalue weighted by molar-refractivity contribution is 0.176. The van der Waals surface area contributed by atoms with Crippen LogP contribution < -0.4 is 0 Å². The number of hydrogen-bond acceptors (Lipinski definition) is 2. The van der Waals surface area contributed by atoms with Gasteiger partial charge in [0.15, 0.2) is 0 Å². The lowest BCUT2D eigenvalue weighted by Crippen LogP contribution is -2.27. The van der Waals surface area contributed by atoms with Crippen LogP contribution in [0.1, 0.15) is 13.3 Å². The second-order valence-corrected chi connectivity index (χ2v) is 4.01. The number of carbonyl (C=O) groups excluding carboxylic acids is 1. The molecule has 0 saturated carbocycles. The highest BCUT2D eigenvalue weighted by Crippen LogP contribution is 2.33. The van der Waals surface area contributed by atoms with Gasteiger partial charge in [0.05, 0.1) is 0 Å². The van der Waals surface area contributed by atoms with Crippen molar-refractivity contribution in [3.8, 4) is 0 Å². The van der Waals surface area contributed by atoms with Gasteiger partial charge in [-0.1, -0.05) is 41.7 Å². The minimum atomic E-state index is -1.55. The highest BCUT2D eigenvalue weighted by molar-refractivity contribution is 6.68. The molecule has 0 aromatic rings. The zero-order valence-electron chi connectivity index (χ0n) is 5.23. The Labute approximate surface area is 74.4 Å². The molecule has 1 unspecified atom stereocenters. The zero-order chi connectivity index (χ0) is 8.20. The third kappa shape index (κ3) is 3.49. The predicted molar refractivity (Wildman–Crippen MR) is 41.1 cm³/mol. The molecule has 0 aromatic carbocycles. The van der Waals surface area contributed by atoms with Gasteiger partial charge in [-0.25, -0.2) is 4.79 Å². The van der Waals surface area contributed by atoms with E-state index in [4.69, 9.17) is 34.8 Å². The molecule has 0 aliphatic rings. The molecule has 0 saturated heterocycles. The maximum Gasteiger partial charge on any atom is 0.417 e. The minimum absolute atomic E-state index is 0.450. The second kappa shape index (κ2) is 4.27. The van der Waals surface area contributed by atoms with Gasteiger partial charge in [-0.3, -0.25) is 0 Å². The second-order valence-electron chi connectivity index (χ2n) is 1.64. The van der Waals surface area contributed by atoms with Crippen LogP contribution in [0.15, 0.2) is 0 Å². The Hall–Kier alpha value is 0.340. The van der Waals surface area contributed by atoms with E-state index in [0.717, 1.165) is 0 Å². The Bertz CT molecular complexity index is 110. The van der Waals surface area contributed by atoms with Crippen LogP contribution in [-0.2, 0) is 9.53 Å². The number of alkyl halides is 3. The lowest BCUT2D eigenvalue weighted by atomic mass is 10.3. The summed E-state index contributed by atoms with van der Waals surface area (Å²) in [4.78, 5) is 9.70. The van der Waals surface area contributed by atoms with Crippen LogP contribution in [0.25, 0.3) is 0 Å². The van der Waals surface area contributed by atoms with E-state index in [1.807, 2.05) is 0 Å². The van der Waals surface area contributed by atoms with Crippen molar-refractivity contribution >= 4 is 41.3 Å². The van der Waals surface area contributed by atoms with Gasteiger partial charge in [0.2, 0.25) is 3.79 Å². The summed E-state index contributed by atoms with van der Waals surface area (Å²) < 4.78 is 2.80. The molecular formula is C5H6Cl3O2. The molecule has 0 bridgehead atoms. The van der Waals surface area contributed by atoms with E-state index < -0.39 is 9.90 Å². The Morgan fingerprint density at radius 2 is 2.10 bits per heavy atom. The van der Waals surface area contributed by atoms with Crippen LogP contribution >= 0.6 is 34.8 Å². The van der Waals surface area contributed by atoms with E-state index in [1.54, 1.807) is 6.92 Å². The van der Waals surface area contributed by atoms with Crippen LogP contribution in [-0.4, -0.2) is 16.4 Å². The maximum atomic E-state index is 9.70. The fraction of sp³-hybridized carbons (Fsp3) is 0.800. The Morgan fingerprint density at radius 1 is 1.60 bits per heavy atom. The SMILES string of the molecule is CCC(O[C]=O)C(Cl)(Cl)Cl. The monoisotopic (exact) mass is 203 g/mol. The molecule has 0 spiro atoms. The number of rotatable bonds is 3. The fourth-order valence-corrected chi connectivity index (χ4v) is 1.04. The van der Waals surface area contributed by atoms with Crippen LogP contribution in [0, 0.1) is 0 Å². The van der Waals surface area contributed by atoms with Gasteiger partial charge in [-0.15, -0.1) is 0 Å². The van der Waals surface area contributed by atoms with E-state index in [0.29, 0.717) is 6.42 Å². The number of hydrogen-bond donors (Lipinski definition) is 0. The highest BCUT2D eigenvalue weighted by atomic mass is 35.6. The highest BCUT2D eigenvalue weighted by Gasteiger charge is 2.32. The first-order valence-electron chi connectivity index (χ1n) is 2.61. The van der Waals surface area contributed by atoms with Crippen molar-refractivity contribution in [3.63, 3.8) is 0 Å². The fourth-order valence-electron chi connectivity index (χ4n) is 0.440. The Morgan fingerprint density at radius 3 is 2.20 bits per heavy atom. The van der Waals surface area contributed by atoms with Gasteiger partial charge in [0.25, 0.3) is 0 Å². The first kappa shape index (κ1) is 10.3. The van der Waals surface area contributed by atoms with Gasteiger partial charge in [-0.05, 0) is 6.42 Å². The lowest BCUT2D eigenvalue weighted by Gasteiger charge is -2.19. The Kier molecular flexibility index (Phi) is 4.41. The normalized spacial score (nSPS) is 14.4. The van der Waals surface area contributed by atoms with Gasteiger partial charge >= 0.3 is 6.47 Å². The first-order chi connectivity index (χ1) is 4.52. The number of halogens is 3. The van der Waals surface area contributed by atoms with Crippen molar-refractivity contribution in [1.29, 1.82) is 0 Å². The smallest absolute Gasteiger partial charge is 0.417 e. The summed E-state index contributed by atoms with van der Waals surface area (Å²) in [5, 5.41) is 0. The minimum Gasteiger partial charge on any atom is -0.449 e. The van der Waals surface area contributed by atoms with Crippen molar-refractivity contribution in [3.05, 3.63) is 0 Å². The molecule has 0 heterocycles. The summed E-state index contributed by atoms with van der Waals surface area (Å²) in [5.41, 5.74) is 0. The van der Waals surface area contributed by atoms with Crippen molar-refractivity contribution in [2.45, 2.75) is 23.2 Å². The van der Waals surface area contributed by atoms with E-state index >= 15 is 0 Å². The van der Waals surface area contributed by atoms with Crippen molar-refractivity contribution in [2.24, 2.45) is 0 Å². The summed E-state index contributed by atoms with van der Waals surface area (Å²) in [6.07, 6.45) is -0.263. The average molecular weight is 204 g/mol. The van der Waals surface area contributed by atoms with Crippen LogP contribution in [0.5, 0.6) is 0 Å². The summed E-state index contributed by atoms with van der Waals surface area (Å²) in [7, 11) is 0. The van der Waals surface area contributed by atoms with E-state index in [2.05, 4.69) is 4.74 Å². The van der Waals surface area contributed by atoms with Gasteiger partial charge in [-0.2, -0.15) is 0 Å². The standard InChI is InChI=1S/C5H6Cl3O2/c1-2-4(10-3-9)5(6,7)8/h4H,2H2,1H3. The van der Waals surface area contributed by atoms with E-state index in [1.165, 1.54) is 6.47 Å². The molecule has 1 radical (unpaired) electrons. The average Bonchev–Trinajstić information content (AvgIpc) is 1.80. The molecule has 2 nitrogen and oxygen atoms in total. The molecule has 0 fully saturated rings. The number of ether oxygens (including phenoxy) is 1. The van der Waals surface area contributed by atoms with E-state index in [9.17, 15) is 4.79 Å². The maximum absolute atomic E-state index is 9.70. The molecule has 0 N–H and O–H groups in total. The summed E-state index contributed by atoms with van der Waals surface area (Å²) in [6.45, 7) is 2.96. The topological polar surface area (TPSA) is 26.3 Å². The zero-order valence-corrected chi connectivity index (χ0v) is 7.50. The quantitative estimate of drug-likeness (QED) is 0.659. The Balaban J connectivity index is 3.92. The summed E-state index contributed by atoms with van der Waals surface area (Å²) >= 11 is 16.2. The summed E-state index contributed by atoms with van der Waals surface area (Å²) in [6, 6.07) is 0. The molecular weight excluding hydrogens is 198 g/mol.